The number of hydrogen-bond donors (Lipinski definition) is 1. The van der Waals surface area contributed by atoms with Crippen LogP contribution in [-0.2, 0) is 4.79 Å². The molecule has 1 aromatic rings. The summed E-state index contributed by atoms with van der Waals surface area (Å²) >= 11 is 6.03. The highest BCUT2D eigenvalue weighted by Gasteiger charge is 2.17. The van der Waals surface area contributed by atoms with Crippen LogP contribution in [-0.4, -0.2) is 19.2 Å². The lowest BCUT2D eigenvalue weighted by atomic mass is 10.2. The molecular weight excluding hydrogens is 254 g/mol. The van der Waals surface area contributed by atoms with Crippen molar-refractivity contribution in [3.8, 4) is 11.5 Å². The van der Waals surface area contributed by atoms with E-state index in [1.807, 2.05) is 6.92 Å². The van der Waals surface area contributed by atoms with Gasteiger partial charge in [0.1, 0.15) is 0 Å². The van der Waals surface area contributed by atoms with Gasteiger partial charge in [0.15, 0.2) is 11.5 Å². The lowest BCUT2D eigenvalue weighted by Crippen LogP contribution is -2.21. The van der Waals surface area contributed by atoms with Gasteiger partial charge in [0, 0.05) is 12.6 Å². The van der Waals surface area contributed by atoms with E-state index in [4.69, 9.17) is 21.1 Å². The average Bonchev–Trinajstić information content (AvgIpc) is 2.82. The Morgan fingerprint density at radius 2 is 2.33 bits per heavy atom. The molecule has 1 aliphatic rings. The molecule has 2 rings (SSSR count). The molecule has 4 nitrogen and oxygen atoms in total. The number of rotatable bonds is 4. The van der Waals surface area contributed by atoms with Crippen molar-refractivity contribution in [1.82, 2.24) is 5.32 Å². The molecule has 96 valence electrons. The van der Waals surface area contributed by atoms with Crippen molar-refractivity contribution in [2.75, 3.05) is 13.3 Å². The molecule has 0 bridgehead atoms. The van der Waals surface area contributed by atoms with Crippen LogP contribution in [0.3, 0.4) is 0 Å². The van der Waals surface area contributed by atoms with E-state index in [1.54, 1.807) is 18.2 Å². The number of ether oxygens (including phenoxy) is 2. The lowest BCUT2D eigenvalue weighted by molar-refractivity contribution is -0.116. The van der Waals surface area contributed by atoms with Gasteiger partial charge in [0.2, 0.25) is 12.7 Å². The van der Waals surface area contributed by atoms with E-state index < -0.39 is 0 Å². The molecule has 1 aliphatic heterocycles. The van der Waals surface area contributed by atoms with Crippen LogP contribution in [0.2, 0.25) is 5.02 Å². The van der Waals surface area contributed by atoms with Crippen LogP contribution in [0.1, 0.15) is 18.9 Å². The fraction of sp³-hybridized carbons (Fsp3) is 0.308. The van der Waals surface area contributed by atoms with Crippen LogP contribution >= 0.6 is 11.6 Å². The third kappa shape index (κ3) is 2.96. The Kier molecular flexibility index (Phi) is 4.10. The maximum atomic E-state index is 11.4. The summed E-state index contributed by atoms with van der Waals surface area (Å²) in [7, 11) is 0. The van der Waals surface area contributed by atoms with Crippen LogP contribution in [0, 0.1) is 0 Å². The fourth-order valence-corrected chi connectivity index (χ4v) is 1.84. The third-order valence-corrected chi connectivity index (χ3v) is 2.71. The van der Waals surface area contributed by atoms with E-state index in [1.165, 1.54) is 6.08 Å². The molecule has 1 heterocycles. The molecule has 0 spiro atoms. The van der Waals surface area contributed by atoms with Crippen molar-refractivity contribution in [3.05, 3.63) is 28.8 Å². The highest BCUT2D eigenvalue weighted by atomic mass is 35.5. The Morgan fingerprint density at radius 1 is 1.50 bits per heavy atom. The molecule has 0 radical (unpaired) electrons. The maximum Gasteiger partial charge on any atom is 0.243 e. The predicted octanol–water partition coefficient (Wildman–Crippen LogP) is 2.61. The summed E-state index contributed by atoms with van der Waals surface area (Å²) in [5, 5.41) is 3.24. The van der Waals surface area contributed by atoms with Gasteiger partial charge in [-0.3, -0.25) is 4.79 Å². The Hall–Kier alpha value is -1.68. The minimum Gasteiger partial charge on any atom is -0.454 e. The van der Waals surface area contributed by atoms with Crippen molar-refractivity contribution < 1.29 is 14.3 Å². The first-order chi connectivity index (χ1) is 8.70. The summed E-state index contributed by atoms with van der Waals surface area (Å²) in [5.41, 5.74) is 0.802. The number of hydrogen-bond acceptors (Lipinski definition) is 3. The molecular formula is C13H14ClNO3. The van der Waals surface area contributed by atoms with Gasteiger partial charge in [0.25, 0.3) is 0 Å². The molecule has 1 aromatic carbocycles. The van der Waals surface area contributed by atoms with Crippen LogP contribution in [0.15, 0.2) is 18.2 Å². The predicted molar refractivity (Wildman–Crippen MR) is 69.9 cm³/mol. The molecule has 0 saturated heterocycles. The van der Waals surface area contributed by atoms with E-state index in [2.05, 4.69) is 5.32 Å². The van der Waals surface area contributed by atoms with E-state index in [9.17, 15) is 4.79 Å². The van der Waals surface area contributed by atoms with Gasteiger partial charge >= 0.3 is 0 Å². The molecule has 0 aromatic heterocycles. The lowest BCUT2D eigenvalue weighted by Gasteiger charge is -2.01. The fourth-order valence-electron chi connectivity index (χ4n) is 1.56. The van der Waals surface area contributed by atoms with E-state index >= 15 is 0 Å². The Bertz CT molecular complexity index is 485. The number of halogens is 1. The maximum absolute atomic E-state index is 11.4. The Morgan fingerprint density at radius 3 is 3.11 bits per heavy atom. The Balaban J connectivity index is 2.08. The molecule has 0 unspecified atom stereocenters. The first-order valence-corrected chi connectivity index (χ1v) is 6.13. The molecule has 18 heavy (non-hydrogen) atoms. The number of benzene rings is 1. The highest BCUT2D eigenvalue weighted by molar-refractivity contribution is 6.32. The zero-order valence-electron chi connectivity index (χ0n) is 10.0. The monoisotopic (exact) mass is 267 g/mol. The minimum absolute atomic E-state index is 0.120. The smallest absolute Gasteiger partial charge is 0.243 e. The summed E-state index contributed by atoms with van der Waals surface area (Å²) in [6.45, 7) is 2.85. The van der Waals surface area contributed by atoms with Crippen LogP contribution in [0.4, 0.5) is 0 Å². The quantitative estimate of drug-likeness (QED) is 0.853. The van der Waals surface area contributed by atoms with Gasteiger partial charge in [-0.1, -0.05) is 18.5 Å². The highest BCUT2D eigenvalue weighted by Crippen LogP contribution is 2.39. The zero-order chi connectivity index (χ0) is 13.0. The number of carbonyl (C=O) groups is 1. The molecule has 0 atom stereocenters. The number of carbonyl (C=O) groups excluding carboxylic acids is 1. The van der Waals surface area contributed by atoms with Crippen molar-refractivity contribution in [2.45, 2.75) is 13.3 Å². The molecule has 1 amide bonds. The second kappa shape index (κ2) is 5.78. The number of amides is 1. The second-order valence-electron chi connectivity index (χ2n) is 3.86. The Labute approximate surface area is 111 Å². The van der Waals surface area contributed by atoms with Crippen molar-refractivity contribution >= 4 is 23.6 Å². The average molecular weight is 268 g/mol. The standard InChI is InChI=1S/C13H14ClNO3/c1-2-5-15-12(16)4-3-9-6-10(14)13-11(7-9)17-8-18-13/h3-4,6-7H,2,5,8H2,1H3,(H,15,16)/b4-3+. The largest absolute Gasteiger partial charge is 0.454 e. The summed E-state index contributed by atoms with van der Waals surface area (Å²) in [6, 6.07) is 3.52. The molecule has 0 fully saturated rings. The third-order valence-electron chi connectivity index (χ3n) is 2.43. The normalized spacial score (nSPS) is 13.0. The van der Waals surface area contributed by atoms with Crippen LogP contribution in [0.5, 0.6) is 11.5 Å². The minimum atomic E-state index is -0.120. The molecule has 0 saturated carbocycles. The number of fused-ring (bicyclic) bond motifs is 1. The summed E-state index contributed by atoms with van der Waals surface area (Å²) in [5.74, 6) is 1.05. The molecule has 0 aliphatic carbocycles. The number of nitrogens with one attached hydrogen (secondary N) is 1. The van der Waals surface area contributed by atoms with Gasteiger partial charge in [-0.2, -0.15) is 0 Å². The van der Waals surface area contributed by atoms with Gasteiger partial charge < -0.3 is 14.8 Å². The van der Waals surface area contributed by atoms with Gasteiger partial charge in [-0.15, -0.1) is 0 Å². The summed E-state index contributed by atoms with van der Waals surface area (Å²) in [4.78, 5) is 11.4. The first kappa shape index (κ1) is 12.8. The zero-order valence-corrected chi connectivity index (χ0v) is 10.8. The van der Waals surface area contributed by atoms with Crippen molar-refractivity contribution in [2.24, 2.45) is 0 Å². The summed E-state index contributed by atoms with van der Waals surface area (Å²) < 4.78 is 10.5. The van der Waals surface area contributed by atoms with Gasteiger partial charge in [-0.05, 0) is 30.2 Å². The summed E-state index contributed by atoms with van der Waals surface area (Å²) in [6.07, 6.45) is 4.08. The SMILES string of the molecule is CCCNC(=O)/C=C/c1cc(Cl)c2c(c1)OCO2. The topological polar surface area (TPSA) is 47.6 Å². The van der Waals surface area contributed by atoms with Crippen molar-refractivity contribution in [1.29, 1.82) is 0 Å². The van der Waals surface area contributed by atoms with Crippen molar-refractivity contribution in [3.63, 3.8) is 0 Å². The van der Waals surface area contributed by atoms with E-state index in [-0.39, 0.29) is 12.7 Å². The second-order valence-corrected chi connectivity index (χ2v) is 4.27. The van der Waals surface area contributed by atoms with E-state index in [0.717, 1.165) is 12.0 Å². The van der Waals surface area contributed by atoms with Gasteiger partial charge in [0.05, 0.1) is 5.02 Å². The molecule has 1 N–H and O–H groups in total. The van der Waals surface area contributed by atoms with Gasteiger partial charge in [-0.25, -0.2) is 0 Å². The van der Waals surface area contributed by atoms with Crippen LogP contribution in [0.25, 0.3) is 6.08 Å². The molecule has 5 heteroatoms. The van der Waals surface area contributed by atoms with E-state index in [0.29, 0.717) is 23.1 Å². The van der Waals surface area contributed by atoms with Crippen LogP contribution < -0.4 is 14.8 Å². The first-order valence-electron chi connectivity index (χ1n) is 5.75.